The monoisotopic (exact) mass is 204 g/mol. The van der Waals surface area contributed by atoms with Crippen molar-refractivity contribution in [3.63, 3.8) is 0 Å². The fourth-order valence-electron chi connectivity index (χ4n) is 0.867. The first kappa shape index (κ1) is 10.4. The number of tetrazole rings is 1. The molecule has 0 radical (unpaired) electrons. The molecule has 1 rings (SSSR count). The first-order valence-electron chi connectivity index (χ1n) is 3.95. The summed E-state index contributed by atoms with van der Waals surface area (Å²) in [6.45, 7) is 4.53. The lowest BCUT2D eigenvalue weighted by molar-refractivity contribution is 0.00444. The van der Waals surface area contributed by atoms with Gasteiger partial charge in [-0.3, -0.25) is 0 Å². The molecule has 0 unspecified atom stereocenters. The molecule has 1 heterocycles. The Kier molecular flexibility index (Phi) is 3.22. The standard InChI is InChI=1S/C7H13ClN4O/c1-7(2,13-3)5-12-6(4-8)9-10-11-12/h4-5H2,1-3H3. The lowest BCUT2D eigenvalue weighted by atomic mass is 10.1. The van der Waals surface area contributed by atoms with Gasteiger partial charge in [0, 0.05) is 7.11 Å². The van der Waals surface area contributed by atoms with Crippen molar-refractivity contribution < 1.29 is 4.74 Å². The zero-order valence-corrected chi connectivity index (χ0v) is 8.75. The fourth-order valence-corrected chi connectivity index (χ4v) is 1.06. The van der Waals surface area contributed by atoms with Crippen molar-refractivity contribution in [2.45, 2.75) is 31.9 Å². The maximum atomic E-state index is 5.64. The van der Waals surface area contributed by atoms with Crippen LogP contribution in [0.25, 0.3) is 0 Å². The van der Waals surface area contributed by atoms with E-state index in [9.17, 15) is 0 Å². The van der Waals surface area contributed by atoms with E-state index < -0.39 is 0 Å². The lowest BCUT2D eigenvalue weighted by Crippen LogP contribution is -2.30. The Labute approximate surface area is 82.0 Å². The van der Waals surface area contributed by atoms with Crippen LogP contribution in [0.4, 0.5) is 0 Å². The highest BCUT2D eigenvalue weighted by molar-refractivity contribution is 6.16. The van der Waals surface area contributed by atoms with Gasteiger partial charge in [0.25, 0.3) is 0 Å². The van der Waals surface area contributed by atoms with Crippen LogP contribution >= 0.6 is 11.6 Å². The molecule has 0 aliphatic rings. The summed E-state index contributed by atoms with van der Waals surface area (Å²) in [7, 11) is 1.66. The molecule has 0 aromatic carbocycles. The maximum absolute atomic E-state index is 5.64. The molecule has 0 fully saturated rings. The summed E-state index contributed by atoms with van der Waals surface area (Å²) in [4.78, 5) is 0. The number of methoxy groups -OCH3 is 1. The summed E-state index contributed by atoms with van der Waals surface area (Å²) >= 11 is 5.64. The number of hydrogen-bond donors (Lipinski definition) is 0. The fraction of sp³-hybridized carbons (Fsp3) is 0.857. The molecule has 0 saturated carbocycles. The molecule has 0 bridgehead atoms. The Hall–Kier alpha value is -0.680. The largest absolute Gasteiger partial charge is 0.377 e. The number of halogens is 1. The first-order chi connectivity index (χ1) is 6.09. The average Bonchev–Trinajstić information content (AvgIpc) is 2.51. The molecule has 5 nitrogen and oxygen atoms in total. The van der Waals surface area contributed by atoms with Crippen LogP contribution in [0.3, 0.4) is 0 Å². The highest BCUT2D eigenvalue weighted by atomic mass is 35.5. The first-order valence-corrected chi connectivity index (χ1v) is 4.48. The summed E-state index contributed by atoms with van der Waals surface area (Å²) in [5.41, 5.74) is -0.282. The van der Waals surface area contributed by atoms with Crippen LogP contribution < -0.4 is 0 Å². The highest BCUT2D eigenvalue weighted by Crippen LogP contribution is 2.11. The van der Waals surface area contributed by atoms with E-state index in [1.54, 1.807) is 11.8 Å². The Bertz CT molecular complexity index is 273. The molecule has 0 saturated heterocycles. The lowest BCUT2D eigenvalue weighted by Gasteiger charge is -2.22. The van der Waals surface area contributed by atoms with Crippen molar-refractivity contribution in [3.05, 3.63) is 5.82 Å². The summed E-state index contributed by atoms with van der Waals surface area (Å²) in [6.07, 6.45) is 0. The summed E-state index contributed by atoms with van der Waals surface area (Å²) in [5.74, 6) is 0.971. The summed E-state index contributed by atoms with van der Waals surface area (Å²) < 4.78 is 6.90. The van der Waals surface area contributed by atoms with E-state index in [1.807, 2.05) is 13.8 Å². The van der Waals surface area contributed by atoms with Gasteiger partial charge < -0.3 is 4.74 Å². The van der Waals surface area contributed by atoms with Crippen molar-refractivity contribution in [2.75, 3.05) is 7.11 Å². The molecule has 0 N–H and O–H groups in total. The normalized spacial score (nSPS) is 12.0. The van der Waals surface area contributed by atoms with Gasteiger partial charge in [-0.25, -0.2) is 4.68 Å². The van der Waals surface area contributed by atoms with Crippen LogP contribution in [0, 0.1) is 0 Å². The summed E-state index contributed by atoms with van der Waals surface area (Å²) in [5, 5.41) is 11.1. The Morgan fingerprint density at radius 1 is 1.54 bits per heavy atom. The van der Waals surface area contributed by atoms with Crippen molar-refractivity contribution >= 4 is 11.6 Å². The molecule has 0 amide bonds. The van der Waals surface area contributed by atoms with Crippen molar-refractivity contribution in [1.82, 2.24) is 20.2 Å². The number of rotatable bonds is 4. The van der Waals surface area contributed by atoms with Gasteiger partial charge in [0.15, 0.2) is 5.82 Å². The van der Waals surface area contributed by atoms with Crippen LogP contribution in [-0.4, -0.2) is 32.9 Å². The van der Waals surface area contributed by atoms with Crippen molar-refractivity contribution in [3.8, 4) is 0 Å². The molecular weight excluding hydrogens is 192 g/mol. The quantitative estimate of drug-likeness (QED) is 0.682. The molecule has 1 aromatic heterocycles. The number of aromatic nitrogens is 4. The van der Waals surface area contributed by atoms with Gasteiger partial charge >= 0.3 is 0 Å². The van der Waals surface area contributed by atoms with Gasteiger partial charge in [0.05, 0.1) is 18.0 Å². The molecule has 0 aliphatic carbocycles. The van der Waals surface area contributed by atoms with E-state index in [0.29, 0.717) is 18.2 Å². The molecule has 74 valence electrons. The third-order valence-electron chi connectivity index (χ3n) is 1.81. The number of alkyl halides is 1. The number of nitrogens with zero attached hydrogens (tertiary/aromatic N) is 4. The predicted molar refractivity (Wildman–Crippen MR) is 48.5 cm³/mol. The Balaban J connectivity index is 2.73. The van der Waals surface area contributed by atoms with Crippen LogP contribution in [-0.2, 0) is 17.2 Å². The molecule has 6 heteroatoms. The third-order valence-corrected chi connectivity index (χ3v) is 2.05. The van der Waals surface area contributed by atoms with E-state index >= 15 is 0 Å². The molecule has 0 atom stereocenters. The van der Waals surface area contributed by atoms with Crippen LogP contribution in [0.5, 0.6) is 0 Å². The molecule has 0 spiro atoms. The van der Waals surface area contributed by atoms with Gasteiger partial charge in [0.2, 0.25) is 0 Å². The van der Waals surface area contributed by atoms with Crippen LogP contribution in [0.2, 0.25) is 0 Å². The number of hydrogen-bond acceptors (Lipinski definition) is 4. The number of ether oxygens (including phenoxy) is 1. The topological polar surface area (TPSA) is 52.8 Å². The maximum Gasteiger partial charge on any atom is 0.166 e. The predicted octanol–water partition coefficient (Wildman–Crippen LogP) is 0.837. The zero-order valence-electron chi connectivity index (χ0n) is 7.99. The van der Waals surface area contributed by atoms with Crippen molar-refractivity contribution in [1.29, 1.82) is 0 Å². The van der Waals surface area contributed by atoms with Gasteiger partial charge in [0.1, 0.15) is 0 Å². The minimum Gasteiger partial charge on any atom is -0.377 e. The van der Waals surface area contributed by atoms with E-state index in [4.69, 9.17) is 16.3 Å². The third kappa shape index (κ3) is 2.63. The van der Waals surface area contributed by atoms with E-state index in [2.05, 4.69) is 15.5 Å². The molecular formula is C7H13ClN4O. The second-order valence-electron chi connectivity index (χ2n) is 3.35. The zero-order chi connectivity index (χ0) is 9.90. The Morgan fingerprint density at radius 2 is 2.23 bits per heavy atom. The average molecular weight is 205 g/mol. The molecule has 1 aromatic rings. The molecule has 13 heavy (non-hydrogen) atoms. The van der Waals surface area contributed by atoms with Gasteiger partial charge in [-0.2, -0.15) is 0 Å². The van der Waals surface area contributed by atoms with Gasteiger partial charge in [-0.05, 0) is 24.3 Å². The van der Waals surface area contributed by atoms with E-state index in [-0.39, 0.29) is 5.60 Å². The summed E-state index contributed by atoms with van der Waals surface area (Å²) in [6, 6.07) is 0. The van der Waals surface area contributed by atoms with Gasteiger partial charge in [-0.15, -0.1) is 16.7 Å². The highest BCUT2D eigenvalue weighted by Gasteiger charge is 2.19. The van der Waals surface area contributed by atoms with E-state index in [1.165, 1.54) is 0 Å². The smallest absolute Gasteiger partial charge is 0.166 e. The van der Waals surface area contributed by atoms with Crippen LogP contribution in [0.15, 0.2) is 0 Å². The molecule has 0 aliphatic heterocycles. The Morgan fingerprint density at radius 3 is 2.77 bits per heavy atom. The van der Waals surface area contributed by atoms with Gasteiger partial charge in [-0.1, -0.05) is 0 Å². The minimum atomic E-state index is -0.282. The van der Waals surface area contributed by atoms with Crippen LogP contribution in [0.1, 0.15) is 19.7 Å². The van der Waals surface area contributed by atoms with Crippen molar-refractivity contribution in [2.24, 2.45) is 0 Å². The van der Waals surface area contributed by atoms with E-state index in [0.717, 1.165) is 0 Å². The SMILES string of the molecule is COC(C)(C)Cn1nnnc1CCl. The second-order valence-corrected chi connectivity index (χ2v) is 3.62. The second kappa shape index (κ2) is 4.02. The minimum absolute atomic E-state index is 0.282.